The van der Waals surface area contributed by atoms with Crippen LogP contribution in [0.4, 0.5) is 0 Å². The quantitative estimate of drug-likeness (QED) is 0.457. The normalized spacial score (nSPS) is 11.5. The maximum Gasteiger partial charge on any atom is 0.223 e. The third-order valence-corrected chi connectivity index (χ3v) is 2.25. The Morgan fingerprint density at radius 2 is 1.29 bits per heavy atom. The van der Waals surface area contributed by atoms with Gasteiger partial charge in [0.2, 0.25) is 10.5 Å². The number of ether oxygens (including phenoxy) is 2. The van der Waals surface area contributed by atoms with Crippen molar-refractivity contribution in [1.82, 2.24) is 0 Å². The molecule has 0 aromatic heterocycles. The Kier molecular flexibility index (Phi) is 8.78. The van der Waals surface area contributed by atoms with Crippen LogP contribution in [0, 0.1) is 5.41 Å². The number of halogens is 2. The molecule has 0 fully saturated rings. The van der Waals surface area contributed by atoms with Crippen molar-refractivity contribution in [2.75, 3.05) is 26.4 Å². The average molecular weight is 285 g/mol. The lowest BCUT2D eigenvalue weighted by Gasteiger charge is -2.24. The molecule has 0 spiro atoms. The zero-order valence-electron chi connectivity index (χ0n) is 10.1. The van der Waals surface area contributed by atoms with Crippen molar-refractivity contribution in [3.63, 3.8) is 0 Å². The van der Waals surface area contributed by atoms with Crippen LogP contribution in [0.5, 0.6) is 0 Å². The number of carbonyl (C=O) groups excluding carboxylic acids is 2. The average Bonchev–Trinajstić information content (AvgIpc) is 2.19. The fraction of sp³-hybridized carbons (Fsp3) is 0.818. The molecule has 0 amide bonds. The van der Waals surface area contributed by atoms with Gasteiger partial charge in [-0.25, -0.2) is 0 Å². The van der Waals surface area contributed by atoms with E-state index < -0.39 is 10.5 Å². The summed E-state index contributed by atoms with van der Waals surface area (Å²) >= 11 is 10.3. The molecule has 0 aliphatic rings. The summed E-state index contributed by atoms with van der Waals surface area (Å²) in [5, 5.41) is -0.806. The molecule has 0 N–H and O–H groups in total. The summed E-state index contributed by atoms with van der Waals surface area (Å²) in [4.78, 5) is 20.9. The molecular weight excluding hydrogens is 267 g/mol. The van der Waals surface area contributed by atoms with Crippen LogP contribution < -0.4 is 0 Å². The van der Waals surface area contributed by atoms with E-state index in [0.29, 0.717) is 26.4 Å². The summed E-state index contributed by atoms with van der Waals surface area (Å²) < 4.78 is 10.6. The van der Waals surface area contributed by atoms with Crippen LogP contribution >= 0.6 is 23.2 Å². The van der Waals surface area contributed by atoms with Crippen LogP contribution in [0.25, 0.3) is 0 Å². The van der Waals surface area contributed by atoms with E-state index in [1.807, 2.05) is 13.8 Å². The number of rotatable bonds is 10. The van der Waals surface area contributed by atoms with Gasteiger partial charge >= 0.3 is 0 Å². The topological polar surface area (TPSA) is 52.6 Å². The standard InChI is InChI=1S/C11H18Cl2O4/c1-11(2,7-16-5-3-9(12)14)8-17-6-4-10(13)15/h3-8H2,1-2H3. The number of hydrogen-bond acceptors (Lipinski definition) is 4. The molecule has 0 radical (unpaired) electrons. The van der Waals surface area contributed by atoms with Crippen LogP contribution in [0.1, 0.15) is 26.7 Å². The van der Waals surface area contributed by atoms with Crippen LogP contribution in [0.15, 0.2) is 0 Å². The molecule has 0 aliphatic carbocycles. The van der Waals surface area contributed by atoms with E-state index in [1.54, 1.807) is 0 Å². The lowest BCUT2D eigenvalue weighted by Crippen LogP contribution is -2.26. The Bertz CT molecular complexity index is 230. The van der Waals surface area contributed by atoms with Crippen molar-refractivity contribution in [3.05, 3.63) is 0 Å². The van der Waals surface area contributed by atoms with Gasteiger partial charge < -0.3 is 9.47 Å². The van der Waals surface area contributed by atoms with Gasteiger partial charge in [0.1, 0.15) is 0 Å². The highest BCUT2D eigenvalue weighted by molar-refractivity contribution is 6.63. The van der Waals surface area contributed by atoms with Crippen LogP contribution in [0.3, 0.4) is 0 Å². The molecule has 4 nitrogen and oxygen atoms in total. The monoisotopic (exact) mass is 284 g/mol. The molecule has 0 rings (SSSR count). The second-order valence-corrected chi connectivity index (χ2v) is 5.32. The van der Waals surface area contributed by atoms with Crippen molar-refractivity contribution in [2.45, 2.75) is 26.7 Å². The van der Waals surface area contributed by atoms with Crippen molar-refractivity contribution < 1.29 is 19.1 Å². The van der Waals surface area contributed by atoms with E-state index in [-0.39, 0.29) is 18.3 Å². The van der Waals surface area contributed by atoms with Gasteiger partial charge in [-0.2, -0.15) is 0 Å². The van der Waals surface area contributed by atoms with Gasteiger partial charge in [-0.05, 0) is 23.2 Å². The highest BCUT2D eigenvalue weighted by atomic mass is 35.5. The first-order valence-corrected chi connectivity index (χ1v) is 6.11. The smallest absolute Gasteiger partial charge is 0.223 e. The van der Waals surface area contributed by atoms with E-state index in [4.69, 9.17) is 32.7 Å². The van der Waals surface area contributed by atoms with Crippen LogP contribution in [-0.4, -0.2) is 36.9 Å². The fourth-order valence-corrected chi connectivity index (χ4v) is 1.20. The summed E-state index contributed by atoms with van der Waals surface area (Å²) in [5.74, 6) is 0. The first-order valence-electron chi connectivity index (χ1n) is 5.36. The highest BCUT2D eigenvalue weighted by Crippen LogP contribution is 2.16. The van der Waals surface area contributed by atoms with Gasteiger partial charge in [0.05, 0.1) is 26.4 Å². The van der Waals surface area contributed by atoms with E-state index in [9.17, 15) is 9.59 Å². The molecule has 0 atom stereocenters. The highest BCUT2D eigenvalue weighted by Gasteiger charge is 2.18. The molecule has 0 heterocycles. The summed E-state index contributed by atoms with van der Waals surface area (Å²) in [7, 11) is 0. The molecule has 0 aliphatic heterocycles. The molecule has 0 saturated heterocycles. The first-order chi connectivity index (χ1) is 7.83. The fourth-order valence-electron chi connectivity index (χ4n) is 1.04. The molecule has 0 unspecified atom stereocenters. The molecule has 0 aromatic carbocycles. The molecule has 6 heteroatoms. The largest absolute Gasteiger partial charge is 0.380 e. The van der Waals surface area contributed by atoms with Gasteiger partial charge in [-0.3, -0.25) is 9.59 Å². The molecule has 0 saturated carbocycles. The van der Waals surface area contributed by atoms with Crippen LogP contribution in [0.2, 0.25) is 0 Å². The SMILES string of the molecule is CC(C)(COCCC(=O)Cl)COCCC(=O)Cl. The third kappa shape index (κ3) is 12.1. The molecule has 17 heavy (non-hydrogen) atoms. The Morgan fingerprint density at radius 3 is 1.59 bits per heavy atom. The van der Waals surface area contributed by atoms with E-state index in [1.165, 1.54) is 0 Å². The van der Waals surface area contributed by atoms with E-state index in [2.05, 4.69) is 0 Å². The van der Waals surface area contributed by atoms with Gasteiger partial charge in [0, 0.05) is 18.3 Å². The van der Waals surface area contributed by atoms with Crippen molar-refractivity contribution in [1.29, 1.82) is 0 Å². The maximum atomic E-state index is 10.5. The predicted molar refractivity (Wildman–Crippen MR) is 66.4 cm³/mol. The molecule has 0 bridgehead atoms. The minimum Gasteiger partial charge on any atom is -0.380 e. The lowest BCUT2D eigenvalue weighted by molar-refractivity contribution is -0.113. The summed E-state index contributed by atoms with van der Waals surface area (Å²) in [6.07, 6.45) is 0.415. The Balaban J connectivity index is 3.57. The van der Waals surface area contributed by atoms with Gasteiger partial charge in [0.15, 0.2) is 0 Å². The summed E-state index contributed by atoms with van der Waals surface area (Å²) in [6.45, 7) is 5.49. The zero-order valence-corrected chi connectivity index (χ0v) is 11.6. The minimum absolute atomic E-state index is 0.176. The second-order valence-electron chi connectivity index (χ2n) is 4.48. The Labute approximate surface area is 112 Å². The summed E-state index contributed by atoms with van der Waals surface area (Å²) in [5.41, 5.74) is -0.176. The van der Waals surface area contributed by atoms with Crippen molar-refractivity contribution >= 4 is 33.7 Å². The lowest BCUT2D eigenvalue weighted by atomic mass is 9.96. The van der Waals surface area contributed by atoms with Crippen molar-refractivity contribution in [2.24, 2.45) is 5.41 Å². The Morgan fingerprint density at radius 1 is 0.941 bits per heavy atom. The molecule has 100 valence electrons. The van der Waals surface area contributed by atoms with Gasteiger partial charge in [-0.15, -0.1) is 0 Å². The zero-order chi connectivity index (χ0) is 13.3. The maximum absolute atomic E-state index is 10.5. The number of carbonyl (C=O) groups is 2. The Hall–Kier alpha value is -0.160. The minimum atomic E-state index is -0.403. The number of hydrogen-bond donors (Lipinski definition) is 0. The van der Waals surface area contributed by atoms with E-state index in [0.717, 1.165) is 0 Å². The van der Waals surface area contributed by atoms with Gasteiger partial charge in [-0.1, -0.05) is 13.8 Å². The third-order valence-electron chi connectivity index (χ3n) is 1.87. The van der Waals surface area contributed by atoms with Crippen LogP contribution in [-0.2, 0) is 19.1 Å². The van der Waals surface area contributed by atoms with Crippen molar-refractivity contribution in [3.8, 4) is 0 Å². The molecule has 0 aromatic rings. The predicted octanol–water partition coefficient (Wildman–Crippen LogP) is 2.36. The summed E-state index contributed by atoms with van der Waals surface area (Å²) in [6, 6.07) is 0. The second kappa shape index (κ2) is 8.86. The first kappa shape index (κ1) is 16.8. The van der Waals surface area contributed by atoms with Gasteiger partial charge in [0.25, 0.3) is 0 Å². The molecular formula is C11H18Cl2O4. The van der Waals surface area contributed by atoms with E-state index >= 15 is 0 Å².